The molecule has 0 aromatic rings. The van der Waals surface area contributed by atoms with E-state index in [-0.39, 0.29) is 18.0 Å². The van der Waals surface area contributed by atoms with Crippen LogP contribution in [0.2, 0.25) is 0 Å². The quantitative estimate of drug-likeness (QED) is 0.702. The Morgan fingerprint density at radius 3 is 2.65 bits per heavy atom. The van der Waals surface area contributed by atoms with Gasteiger partial charge in [-0.2, -0.15) is 0 Å². The summed E-state index contributed by atoms with van der Waals surface area (Å²) in [5.41, 5.74) is 5.85. The summed E-state index contributed by atoms with van der Waals surface area (Å²) in [6.07, 6.45) is 5.01. The molecule has 0 radical (unpaired) electrons. The number of carbonyl (C=O) groups is 1. The third-order valence-corrected chi connectivity index (χ3v) is 3.25. The summed E-state index contributed by atoms with van der Waals surface area (Å²) in [6.45, 7) is 7.48. The highest BCUT2D eigenvalue weighted by molar-refractivity contribution is 5.76. The van der Waals surface area contributed by atoms with Gasteiger partial charge in [-0.15, -0.1) is 0 Å². The Morgan fingerprint density at radius 2 is 2.06 bits per heavy atom. The lowest BCUT2D eigenvalue weighted by molar-refractivity contribution is -0.122. The molecule has 0 bridgehead atoms. The van der Waals surface area contributed by atoms with Gasteiger partial charge in [-0.25, -0.2) is 0 Å². The predicted octanol–water partition coefficient (Wildman–Crippen LogP) is 1.10. The number of hydrogen-bond acceptors (Lipinski definition) is 3. The average Bonchev–Trinajstić information content (AvgIpc) is 2.69. The van der Waals surface area contributed by atoms with Gasteiger partial charge < -0.3 is 16.0 Å². The van der Waals surface area contributed by atoms with Crippen LogP contribution in [0.3, 0.4) is 0 Å². The van der Waals surface area contributed by atoms with Crippen molar-refractivity contribution in [3.8, 4) is 0 Å². The molecule has 2 unspecified atom stereocenters. The van der Waals surface area contributed by atoms with Crippen molar-refractivity contribution in [3.63, 3.8) is 0 Å². The van der Waals surface area contributed by atoms with Crippen molar-refractivity contribution in [2.75, 3.05) is 19.6 Å². The van der Waals surface area contributed by atoms with Gasteiger partial charge in [0.1, 0.15) is 0 Å². The summed E-state index contributed by atoms with van der Waals surface area (Å²) in [6, 6.07) is 0.244. The van der Waals surface area contributed by atoms with Crippen molar-refractivity contribution >= 4 is 5.91 Å². The smallest absolute Gasteiger partial charge is 0.221 e. The first-order valence-electron chi connectivity index (χ1n) is 6.89. The Balaban J connectivity index is 2.15. The van der Waals surface area contributed by atoms with Gasteiger partial charge in [0.15, 0.2) is 0 Å². The van der Waals surface area contributed by atoms with Gasteiger partial charge in [0.05, 0.1) is 0 Å². The Hall–Kier alpha value is -0.610. The summed E-state index contributed by atoms with van der Waals surface area (Å²) in [7, 11) is 0. The zero-order chi connectivity index (χ0) is 12.7. The first-order valence-corrected chi connectivity index (χ1v) is 6.89. The molecule has 1 saturated heterocycles. The minimum Gasteiger partial charge on any atom is -0.352 e. The van der Waals surface area contributed by atoms with Crippen LogP contribution in [0.1, 0.15) is 46.0 Å². The molecule has 1 amide bonds. The Morgan fingerprint density at radius 1 is 1.41 bits per heavy atom. The first-order chi connectivity index (χ1) is 8.11. The highest BCUT2D eigenvalue weighted by atomic mass is 16.1. The molecule has 3 N–H and O–H groups in total. The molecule has 1 rings (SSSR count). The molecule has 1 aliphatic heterocycles. The van der Waals surface area contributed by atoms with Crippen LogP contribution in [0.15, 0.2) is 0 Å². The molecule has 0 saturated carbocycles. The predicted molar refractivity (Wildman–Crippen MR) is 70.8 cm³/mol. The second-order valence-electron chi connectivity index (χ2n) is 5.23. The Labute approximate surface area is 105 Å². The lowest BCUT2D eigenvalue weighted by atomic mass is 10.1. The van der Waals surface area contributed by atoms with Gasteiger partial charge in [0.2, 0.25) is 5.91 Å². The fourth-order valence-electron chi connectivity index (χ4n) is 2.44. The van der Waals surface area contributed by atoms with Crippen molar-refractivity contribution in [3.05, 3.63) is 0 Å². The number of amides is 1. The van der Waals surface area contributed by atoms with Gasteiger partial charge in [-0.3, -0.25) is 4.79 Å². The van der Waals surface area contributed by atoms with Crippen LogP contribution in [0.4, 0.5) is 0 Å². The highest BCUT2D eigenvalue weighted by Gasteiger charge is 2.16. The van der Waals surface area contributed by atoms with Crippen molar-refractivity contribution in [1.29, 1.82) is 0 Å². The van der Waals surface area contributed by atoms with Crippen LogP contribution >= 0.6 is 0 Å². The SMILES string of the molecule is CCCC(N)CC(=O)NC(C)CN1CCCC1. The zero-order valence-electron chi connectivity index (χ0n) is 11.2. The number of hydrogen-bond donors (Lipinski definition) is 2. The number of nitrogens with zero attached hydrogens (tertiary/aromatic N) is 1. The second-order valence-corrected chi connectivity index (χ2v) is 5.23. The third-order valence-electron chi connectivity index (χ3n) is 3.25. The van der Waals surface area contributed by atoms with Gasteiger partial charge in [-0.05, 0) is 39.3 Å². The largest absolute Gasteiger partial charge is 0.352 e. The standard InChI is InChI=1S/C13H27N3O/c1-3-6-12(14)9-13(17)15-11(2)10-16-7-4-5-8-16/h11-12H,3-10,14H2,1-2H3,(H,15,17). The molecule has 4 heteroatoms. The molecule has 100 valence electrons. The number of nitrogens with one attached hydrogen (secondary N) is 1. The van der Waals surface area contributed by atoms with E-state index in [1.807, 2.05) is 0 Å². The summed E-state index contributed by atoms with van der Waals surface area (Å²) < 4.78 is 0. The van der Waals surface area contributed by atoms with Crippen molar-refractivity contribution in [2.24, 2.45) is 5.73 Å². The second kappa shape index (κ2) is 7.67. The fraction of sp³-hybridized carbons (Fsp3) is 0.923. The molecule has 4 nitrogen and oxygen atoms in total. The average molecular weight is 241 g/mol. The van der Waals surface area contributed by atoms with Gasteiger partial charge in [-0.1, -0.05) is 13.3 Å². The lowest BCUT2D eigenvalue weighted by Crippen LogP contribution is -2.42. The fourth-order valence-corrected chi connectivity index (χ4v) is 2.44. The van der Waals surface area contributed by atoms with E-state index >= 15 is 0 Å². The van der Waals surface area contributed by atoms with Crippen molar-refractivity contribution in [1.82, 2.24) is 10.2 Å². The molecule has 0 aromatic heterocycles. The van der Waals surface area contributed by atoms with Crippen LogP contribution in [-0.4, -0.2) is 42.5 Å². The number of nitrogens with two attached hydrogens (primary N) is 1. The summed E-state index contributed by atoms with van der Waals surface area (Å²) in [5, 5.41) is 3.04. The number of carbonyl (C=O) groups excluding carboxylic acids is 1. The molecule has 2 atom stereocenters. The Bertz CT molecular complexity index is 227. The minimum absolute atomic E-state index is 0.0130. The van der Waals surface area contributed by atoms with Gasteiger partial charge >= 0.3 is 0 Å². The van der Waals surface area contributed by atoms with E-state index in [1.54, 1.807) is 0 Å². The molecule has 1 heterocycles. The molecule has 1 aliphatic rings. The molecule has 0 aliphatic carbocycles. The Kier molecular flexibility index (Phi) is 6.52. The molecular formula is C13H27N3O. The van der Waals surface area contributed by atoms with E-state index in [9.17, 15) is 4.79 Å². The summed E-state index contributed by atoms with van der Waals surface area (Å²) >= 11 is 0. The first kappa shape index (κ1) is 14.5. The normalized spacial score (nSPS) is 20.2. The zero-order valence-corrected chi connectivity index (χ0v) is 11.2. The molecular weight excluding hydrogens is 214 g/mol. The van der Waals surface area contributed by atoms with Crippen LogP contribution in [0.25, 0.3) is 0 Å². The number of rotatable bonds is 7. The van der Waals surface area contributed by atoms with E-state index in [4.69, 9.17) is 5.73 Å². The van der Waals surface area contributed by atoms with Crippen LogP contribution in [0, 0.1) is 0 Å². The van der Waals surface area contributed by atoms with E-state index in [0.717, 1.165) is 19.4 Å². The van der Waals surface area contributed by atoms with Crippen LogP contribution < -0.4 is 11.1 Å². The lowest BCUT2D eigenvalue weighted by Gasteiger charge is -2.21. The van der Waals surface area contributed by atoms with E-state index in [2.05, 4.69) is 24.1 Å². The molecule has 0 aromatic carbocycles. The van der Waals surface area contributed by atoms with Gasteiger partial charge in [0, 0.05) is 25.0 Å². The van der Waals surface area contributed by atoms with E-state index < -0.39 is 0 Å². The third kappa shape index (κ3) is 6.03. The highest BCUT2D eigenvalue weighted by Crippen LogP contribution is 2.07. The number of likely N-dealkylation sites (tertiary alicyclic amines) is 1. The van der Waals surface area contributed by atoms with Crippen LogP contribution in [-0.2, 0) is 4.79 Å². The topological polar surface area (TPSA) is 58.4 Å². The van der Waals surface area contributed by atoms with Crippen LogP contribution in [0.5, 0.6) is 0 Å². The van der Waals surface area contributed by atoms with Crippen molar-refractivity contribution in [2.45, 2.75) is 58.0 Å². The molecule has 17 heavy (non-hydrogen) atoms. The van der Waals surface area contributed by atoms with E-state index in [0.29, 0.717) is 6.42 Å². The maximum atomic E-state index is 11.7. The maximum absolute atomic E-state index is 11.7. The van der Waals surface area contributed by atoms with E-state index in [1.165, 1.54) is 25.9 Å². The minimum atomic E-state index is 0.0130. The summed E-state index contributed by atoms with van der Waals surface area (Å²) in [5.74, 6) is 0.0950. The van der Waals surface area contributed by atoms with Gasteiger partial charge in [0.25, 0.3) is 0 Å². The van der Waals surface area contributed by atoms with Crippen molar-refractivity contribution < 1.29 is 4.79 Å². The maximum Gasteiger partial charge on any atom is 0.221 e. The molecule has 1 fully saturated rings. The summed E-state index contributed by atoms with van der Waals surface area (Å²) in [4.78, 5) is 14.1. The monoisotopic (exact) mass is 241 g/mol. The molecule has 0 spiro atoms.